The molecule has 11 heteroatoms. The first-order valence-corrected chi connectivity index (χ1v) is 8.21. The number of H-pyrrole nitrogens is 1. The molecule has 1 heterocycles. The minimum atomic E-state index is -1.18. The van der Waals surface area contributed by atoms with E-state index in [1.54, 1.807) is 31.2 Å². The fourth-order valence-corrected chi connectivity index (χ4v) is 2.49. The summed E-state index contributed by atoms with van der Waals surface area (Å²) >= 11 is 0. The van der Waals surface area contributed by atoms with E-state index >= 15 is 0 Å². The number of carbonyl (C=O) groups is 2. The standard InChI is InChI=1S/C18H15N5O6/c1-9-20-12-5-3-2-4-11(12)18(29)23(9)22-17(28)16(27)21-19-8-10-6-7-13(24)15(26)14(10)25/h2-8,24-26H,1H3,(H,21,27)(H,22,28)/p+1/b19-8+. The van der Waals surface area contributed by atoms with Crippen LogP contribution in [0.3, 0.4) is 0 Å². The summed E-state index contributed by atoms with van der Waals surface area (Å²) in [5.41, 5.74) is 4.14. The van der Waals surface area contributed by atoms with Gasteiger partial charge in [-0.25, -0.2) is 15.2 Å². The van der Waals surface area contributed by atoms with Crippen LogP contribution in [-0.2, 0) is 9.59 Å². The molecule has 6 N–H and O–H groups in total. The van der Waals surface area contributed by atoms with Crippen molar-refractivity contribution in [1.29, 1.82) is 0 Å². The van der Waals surface area contributed by atoms with Crippen LogP contribution in [0.4, 0.5) is 0 Å². The van der Waals surface area contributed by atoms with E-state index < -0.39 is 34.6 Å². The zero-order chi connectivity index (χ0) is 21.1. The first kappa shape index (κ1) is 19.4. The van der Waals surface area contributed by atoms with Gasteiger partial charge in [-0.15, -0.1) is 0 Å². The van der Waals surface area contributed by atoms with Crippen molar-refractivity contribution in [3.63, 3.8) is 0 Å². The van der Waals surface area contributed by atoms with Gasteiger partial charge in [-0.05, 0) is 24.3 Å². The van der Waals surface area contributed by atoms with Gasteiger partial charge >= 0.3 is 17.4 Å². The van der Waals surface area contributed by atoms with Crippen LogP contribution in [0, 0.1) is 6.92 Å². The fraction of sp³-hybridized carbons (Fsp3) is 0.0556. The highest BCUT2D eigenvalue weighted by Crippen LogP contribution is 2.36. The van der Waals surface area contributed by atoms with E-state index in [1.165, 1.54) is 6.07 Å². The number of nitrogens with one attached hydrogen (secondary N) is 3. The smallest absolute Gasteiger partial charge is 0.368 e. The molecule has 0 bridgehead atoms. The van der Waals surface area contributed by atoms with Gasteiger partial charge in [-0.3, -0.25) is 9.59 Å². The summed E-state index contributed by atoms with van der Waals surface area (Å²) in [6, 6.07) is 9.02. The molecule has 11 nitrogen and oxygen atoms in total. The van der Waals surface area contributed by atoms with Crippen molar-refractivity contribution < 1.29 is 29.9 Å². The molecular formula is C18H16N5O6+. The molecule has 2 amide bonds. The molecule has 0 aliphatic carbocycles. The number of amides is 2. The van der Waals surface area contributed by atoms with Gasteiger partial charge < -0.3 is 15.3 Å². The molecule has 0 fully saturated rings. The molecule has 0 saturated carbocycles. The average molecular weight is 398 g/mol. The molecular weight excluding hydrogens is 382 g/mol. The Labute approximate surface area is 162 Å². The summed E-state index contributed by atoms with van der Waals surface area (Å²) in [5.74, 6) is -3.97. The molecule has 1 aromatic heterocycles. The van der Waals surface area contributed by atoms with Gasteiger partial charge in [-0.1, -0.05) is 16.8 Å². The first-order valence-electron chi connectivity index (χ1n) is 8.21. The van der Waals surface area contributed by atoms with Gasteiger partial charge in [0.15, 0.2) is 11.5 Å². The third-order valence-electron chi connectivity index (χ3n) is 3.96. The number of nitrogens with zero attached hydrogens (tertiary/aromatic N) is 2. The third kappa shape index (κ3) is 3.83. The van der Waals surface area contributed by atoms with E-state index in [-0.39, 0.29) is 5.56 Å². The molecule has 3 aromatic rings. The highest BCUT2D eigenvalue weighted by molar-refractivity contribution is 6.38. The second-order valence-electron chi connectivity index (χ2n) is 5.91. The molecule has 0 atom stereocenters. The van der Waals surface area contributed by atoms with Crippen LogP contribution in [0.1, 0.15) is 11.4 Å². The number of benzene rings is 2. The van der Waals surface area contributed by atoms with Crippen molar-refractivity contribution in [1.82, 2.24) is 10.1 Å². The van der Waals surface area contributed by atoms with Crippen LogP contribution < -0.4 is 21.4 Å². The van der Waals surface area contributed by atoms with Gasteiger partial charge in [0.2, 0.25) is 5.75 Å². The molecule has 29 heavy (non-hydrogen) atoms. The number of phenols is 3. The van der Waals surface area contributed by atoms with Crippen LogP contribution in [0.2, 0.25) is 0 Å². The van der Waals surface area contributed by atoms with Crippen LogP contribution in [0.5, 0.6) is 17.2 Å². The maximum atomic E-state index is 12.5. The Balaban J connectivity index is 1.73. The Morgan fingerprint density at radius 3 is 2.55 bits per heavy atom. The zero-order valence-electron chi connectivity index (χ0n) is 15.0. The van der Waals surface area contributed by atoms with E-state index in [9.17, 15) is 29.7 Å². The van der Waals surface area contributed by atoms with Crippen molar-refractivity contribution in [2.24, 2.45) is 5.10 Å². The lowest BCUT2D eigenvalue weighted by molar-refractivity contribution is -0.363. The maximum absolute atomic E-state index is 12.5. The highest BCUT2D eigenvalue weighted by atomic mass is 16.3. The average Bonchev–Trinajstić information content (AvgIpc) is 2.70. The number of fused-ring (bicyclic) bond motifs is 1. The Morgan fingerprint density at radius 2 is 1.79 bits per heavy atom. The lowest BCUT2D eigenvalue weighted by Crippen LogP contribution is -2.44. The number of hydrazone groups is 1. The molecule has 0 aliphatic rings. The minimum Gasteiger partial charge on any atom is -0.504 e. The quantitative estimate of drug-likeness (QED) is 0.172. The topological polar surface area (TPSA) is 167 Å². The summed E-state index contributed by atoms with van der Waals surface area (Å²) in [6.07, 6.45) is 0.959. The number of phenolic OH excluding ortho intramolecular Hbond substituents is 3. The minimum absolute atomic E-state index is 0.0165. The van der Waals surface area contributed by atoms with Gasteiger partial charge in [0.1, 0.15) is 10.9 Å². The van der Waals surface area contributed by atoms with Crippen LogP contribution in [-0.4, -0.2) is 38.0 Å². The number of hydrogen-bond acceptors (Lipinski definition) is 7. The van der Waals surface area contributed by atoms with Gasteiger partial charge in [0.25, 0.3) is 5.82 Å². The summed E-state index contributed by atoms with van der Waals surface area (Å²) < 4.78 is 0.901. The Hall–Kier alpha value is -4.41. The van der Waals surface area contributed by atoms with Gasteiger partial charge in [-0.2, -0.15) is 10.5 Å². The number of carbonyl (C=O) groups excluding carboxylic acids is 2. The molecule has 0 aliphatic heterocycles. The van der Waals surface area contributed by atoms with Crippen molar-refractivity contribution in [3.8, 4) is 17.2 Å². The Bertz CT molecular complexity index is 1220. The number of aromatic nitrogens is 2. The number of aryl methyl sites for hydroxylation is 1. The number of aromatic hydroxyl groups is 3. The molecule has 3 rings (SSSR count). The molecule has 0 radical (unpaired) electrons. The maximum Gasteiger partial charge on any atom is 0.368 e. The number of rotatable bonds is 3. The van der Waals surface area contributed by atoms with Crippen molar-refractivity contribution in [2.75, 3.05) is 5.43 Å². The number of aromatic amines is 1. The highest BCUT2D eigenvalue weighted by Gasteiger charge is 2.21. The van der Waals surface area contributed by atoms with Gasteiger partial charge in [0, 0.05) is 12.5 Å². The first-order chi connectivity index (χ1) is 13.8. The zero-order valence-corrected chi connectivity index (χ0v) is 15.0. The molecule has 0 unspecified atom stereocenters. The van der Waals surface area contributed by atoms with E-state index in [4.69, 9.17) is 0 Å². The van der Waals surface area contributed by atoms with Gasteiger partial charge in [0.05, 0.1) is 6.21 Å². The SMILES string of the molecule is Cc1[nH+]c2ccccc2c(=O)n1NC(=O)C(=O)N/N=C/c1ccc(O)c(O)c1O. The summed E-state index contributed by atoms with van der Waals surface area (Å²) in [7, 11) is 0. The molecule has 2 aromatic carbocycles. The monoisotopic (exact) mass is 398 g/mol. The van der Waals surface area contributed by atoms with Crippen molar-refractivity contribution in [3.05, 3.63) is 58.1 Å². The predicted molar refractivity (Wildman–Crippen MR) is 101 cm³/mol. The lowest BCUT2D eigenvalue weighted by Gasteiger charge is -2.05. The molecule has 0 spiro atoms. The van der Waals surface area contributed by atoms with Crippen molar-refractivity contribution in [2.45, 2.75) is 6.92 Å². The van der Waals surface area contributed by atoms with Crippen LogP contribution in [0.25, 0.3) is 10.9 Å². The van der Waals surface area contributed by atoms with E-state index in [1.807, 2.05) is 5.43 Å². The Kier molecular flexibility index (Phi) is 5.13. The fourth-order valence-electron chi connectivity index (χ4n) is 2.49. The van der Waals surface area contributed by atoms with E-state index in [0.717, 1.165) is 17.0 Å². The van der Waals surface area contributed by atoms with Crippen LogP contribution >= 0.6 is 0 Å². The molecule has 148 valence electrons. The second kappa shape index (κ2) is 7.68. The summed E-state index contributed by atoms with van der Waals surface area (Å²) in [6.45, 7) is 1.55. The van der Waals surface area contributed by atoms with E-state index in [0.29, 0.717) is 16.7 Å². The largest absolute Gasteiger partial charge is 0.504 e. The number of hydrogen-bond donors (Lipinski definition) is 5. The predicted octanol–water partition coefficient (Wildman–Crippen LogP) is -0.539. The normalized spacial score (nSPS) is 10.9. The lowest BCUT2D eigenvalue weighted by atomic mass is 10.2. The summed E-state index contributed by atoms with van der Waals surface area (Å²) in [4.78, 5) is 39.4. The number of para-hydroxylation sites is 1. The van der Waals surface area contributed by atoms with Crippen molar-refractivity contribution >= 4 is 28.9 Å². The summed E-state index contributed by atoms with van der Waals surface area (Å²) in [5, 5.41) is 32.2. The Morgan fingerprint density at radius 1 is 1.07 bits per heavy atom. The molecule has 0 saturated heterocycles. The second-order valence-corrected chi connectivity index (χ2v) is 5.91. The van der Waals surface area contributed by atoms with Crippen LogP contribution in [0.15, 0.2) is 46.3 Å². The third-order valence-corrected chi connectivity index (χ3v) is 3.96. The van der Waals surface area contributed by atoms with E-state index in [2.05, 4.69) is 15.5 Å².